The van der Waals surface area contributed by atoms with Gasteiger partial charge in [-0.2, -0.15) is 0 Å². The lowest BCUT2D eigenvalue weighted by atomic mass is 10.0. The van der Waals surface area contributed by atoms with Gasteiger partial charge in [0, 0.05) is 33.3 Å². The van der Waals surface area contributed by atoms with E-state index in [-0.39, 0.29) is 18.3 Å². The molecule has 1 rings (SSSR count). The average molecular weight is 251 g/mol. The van der Waals surface area contributed by atoms with Crippen molar-refractivity contribution in [2.45, 2.75) is 19.8 Å². The molecule has 1 fully saturated rings. The Bertz CT molecular complexity index is 190. The number of nitrogens with zero attached hydrogens (tertiary/aromatic N) is 1. The second kappa shape index (κ2) is 8.79. The van der Waals surface area contributed by atoms with Crippen molar-refractivity contribution in [3.8, 4) is 0 Å². The minimum absolute atomic E-state index is 0. The maximum atomic E-state index is 12.0. The fraction of sp³-hybridized carbons (Fsp3) is 0.909. The highest BCUT2D eigenvalue weighted by Crippen LogP contribution is 2.09. The standard InChI is InChI=1S/C11H22N2O2.ClH/c1-3-4-5-13(6-7-15-2)11(14)10-8-12-9-10;/h10,12H,3-9H2,1-2H3;1H. The van der Waals surface area contributed by atoms with Crippen molar-refractivity contribution in [3.63, 3.8) is 0 Å². The highest BCUT2D eigenvalue weighted by atomic mass is 35.5. The topological polar surface area (TPSA) is 41.6 Å². The number of carbonyl (C=O) groups excluding carboxylic acids is 1. The summed E-state index contributed by atoms with van der Waals surface area (Å²) in [6.07, 6.45) is 2.20. The molecule has 1 aliphatic heterocycles. The number of halogens is 1. The molecule has 5 heteroatoms. The molecular weight excluding hydrogens is 228 g/mol. The molecule has 4 nitrogen and oxygen atoms in total. The van der Waals surface area contributed by atoms with E-state index in [1.54, 1.807) is 7.11 Å². The summed E-state index contributed by atoms with van der Waals surface area (Å²) in [6, 6.07) is 0. The van der Waals surface area contributed by atoms with E-state index in [9.17, 15) is 4.79 Å². The van der Waals surface area contributed by atoms with E-state index in [1.807, 2.05) is 4.90 Å². The molecule has 1 heterocycles. The summed E-state index contributed by atoms with van der Waals surface area (Å²) in [5.74, 6) is 0.498. The van der Waals surface area contributed by atoms with E-state index in [0.29, 0.717) is 12.5 Å². The molecule has 16 heavy (non-hydrogen) atoms. The molecule has 0 bridgehead atoms. The van der Waals surface area contributed by atoms with Crippen LogP contribution in [0, 0.1) is 5.92 Å². The Kier molecular flexibility index (Phi) is 8.61. The summed E-state index contributed by atoms with van der Waals surface area (Å²) in [7, 11) is 1.67. The van der Waals surface area contributed by atoms with E-state index in [4.69, 9.17) is 4.74 Å². The first-order valence-corrected chi connectivity index (χ1v) is 5.78. The van der Waals surface area contributed by atoms with Crippen molar-refractivity contribution in [2.75, 3.05) is 39.9 Å². The van der Waals surface area contributed by atoms with Crippen LogP contribution in [0.4, 0.5) is 0 Å². The van der Waals surface area contributed by atoms with Gasteiger partial charge in [0.25, 0.3) is 0 Å². The van der Waals surface area contributed by atoms with Gasteiger partial charge < -0.3 is 15.0 Å². The molecule has 96 valence electrons. The molecular formula is C11H23ClN2O2. The van der Waals surface area contributed by atoms with E-state index in [0.717, 1.165) is 39.0 Å². The highest BCUT2D eigenvalue weighted by Gasteiger charge is 2.28. The largest absolute Gasteiger partial charge is 0.383 e. The summed E-state index contributed by atoms with van der Waals surface area (Å²) in [4.78, 5) is 13.9. The molecule has 0 unspecified atom stereocenters. The number of nitrogens with one attached hydrogen (secondary N) is 1. The second-order valence-electron chi connectivity index (χ2n) is 4.03. The van der Waals surface area contributed by atoms with Crippen LogP contribution in [0.1, 0.15) is 19.8 Å². The van der Waals surface area contributed by atoms with Gasteiger partial charge in [0.1, 0.15) is 0 Å². The van der Waals surface area contributed by atoms with Crippen LogP contribution < -0.4 is 5.32 Å². The minimum atomic E-state index is 0. The van der Waals surface area contributed by atoms with Gasteiger partial charge in [-0.15, -0.1) is 12.4 Å². The Labute approximate surface area is 104 Å². The number of hydrogen-bond acceptors (Lipinski definition) is 3. The zero-order valence-corrected chi connectivity index (χ0v) is 11.0. The molecule has 0 saturated carbocycles. The van der Waals surface area contributed by atoms with Crippen LogP contribution in [0.3, 0.4) is 0 Å². The van der Waals surface area contributed by atoms with Crippen LogP contribution in [-0.2, 0) is 9.53 Å². The lowest BCUT2D eigenvalue weighted by Crippen LogP contribution is -2.52. The number of methoxy groups -OCH3 is 1. The van der Waals surface area contributed by atoms with Gasteiger partial charge in [0.05, 0.1) is 12.5 Å². The van der Waals surface area contributed by atoms with Crippen LogP contribution in [0.15, 0.2) is 0 Å². The van der Waals surface area contributed by atoms with Gasteiger partial charge in [0.2, 0.25) is 5.91 Å². The van der Waals surface area contributed by atoms with Crippen LogP contribution in [0.2, 0.25) is 0 Å². The maximum Gasteiger partial charge on any atom is 0.228 e. The molecule has 1 N–H and O–H groups in total. The molecule has 0 radical (unpaired) electrons. The smallest absolute Gasteiger partial charge is 0.228 e. The van der Waals surface area contributed by atoms with Crippen molar-refractivity contribution in [2.24, 2.45) is 5.92 Å². The lowest BCUT2D eigenvalue weighted by Gasteiger charge is -2.32. The van der Waals surface area contributed by atoms with Crippen molar-refractivity contribution < 1.29 is 9.53 Å². The lowest BCUT2D eigenvalue weighted by molar-refractivity contribution is -0.137. The molecule has 0 aromatic carbocycles. The molecule has 1 aliphatic rings. The fourth-order valence-electron chi connectivity index (χ4n) is 1.60. The third-order valence-corrected chi connectivity index (χ3v) is 2.79. The number of carbonyl (C=O) groups is 1. The molecule has 1 amide bonds. The molecule has 0 aromatic rings. The Morgan fingerprint density at radius 2 is 2.12 bits per heavy atom. The SMILES string of the molecule is CCCCN(CCOC)C(=O)C1CNC1.Cl. The molecule has 1 saturated heterocycles. The van der Waals surface area contributed by atoms with Gasteiger partial charge in [-0.3, -0.25) is 4.79 Å². The van der Waals surface area contributed by atoms with Gasteiger partial charge in [0.15, 0.2) is 0 Å². The first-order chi connectivity index (χ1) is 7.29. The summed E-state index contributed by atoms with van der Waals surface area (Å²) >= 11 is 0. The van der Waals surface area contributed by atoms with Gasteiger partial charge in [-0.25, -0.2) is 0 Å². The average Bonchev–Trinajstić information content (AvgIpc) is 2.15. The van der Waals surface area contributed by atoms with Crippen molar-refractivity contribution in [1.82, 2.24) is 10.2 Å². The predicted molar refractivity (Wildman–Crippen MR) is 67.0 cm³/mol. The number of unbranched alkanes of at least 4 members (excludes halogenated alkanes) is 1. The summed E-state index contributed by atoms with van der Waals surface area (Å²) in [6.45, 7) is 6.06. The Morgan fingerprint density at radius 3 is 2.56 bits per heavy atom. The maximum absolute atomic E-state index is 12.0. The van der Waals surface area contributed by atoms with Crippen LogP contribution in [0.5, 0.6) is 0 Å². The van der Waals surface area contributed by atoms with E-state index in [2.05, 4.69) is 12.2 Å². The Balaban J connectivity index is 0.00000225. The van der Waals surface area contributed by atoms with Crippen molar-refractivity contribution in [3.05, 3.63) is 0 Å². The second-order valence-corrected chi connectivity index (χ2v) is 4.03. The molecule has 0 aromatic heterocycles. The number of amides is 1. The summed E-state index contributed by atoms with van der Waals surface area (Å²) in [5.41, 5.74) is 0. The van der Waals surface area contributed by atoms with Gasteiger partial charge in [-0.05, 0) is 6.42 Å². The minimum Gasteiger partial charge on any atom is -0.383 e. The monoisotopic (exact) mass is 250 g/mol. The summed E-state index contributed by atoms with van der Waals surface area (Å²) in [5, 5.41) is 3.13. The van der Waals surface area contributed by atoms with Crippen LogP contribution in [0.25, 0.3) is 0 Å². The highest BCUT2D eigenvalue weighted by molar-refractivity contribution is 5.85. The van der Waals surface area contributed by atoms with E-state index in [1.165, 1.54) is 0 Å². The quantitative estimate of drug-likeness (QED) is 0.730. The normalized spacial score (nSPS) is 15.1. The number of ether oxygens (including phenoxy) is 1. The first kappa shape index (κ1) is 15.7. The van der Waals surface area contributed by atoms with Crippen molar-refractivity contribution in [1.29, 1.82) is 0 Å². The number of rotatable bonds is 7. The van der Waals surface area contributed by atoms with Crippen molar-refractivity contribution >= 4 is 18.3 Å². The molecule has 0 aliphatic carbocycles. The molecule has 0 spiro atoms. The number of hydrogen-bond donors (Lipinski definition) is 1. The first-order valence-electron chi connectivity index (χ1n) is 5.78. The predicted octanol–water partition coefficient (Wildman–Crippen LogP) is 0.903. The molecule has 0 atom stereocenters. The Morgan fingerprint density at radius 1 is 1.44 bits per heavy atom. The third kappa shape index (κ3) is 4.68. The fourth-order valence-corrected chi connectivity index (χ4v) is 1.60. The van der Waals surface area contributed by atoms with Gasteiger partial charge in [-0.1, -0.05) is 13.3 Å². The Hall–Kier alpha value is -0.320. The van der Waals surface area contributed by atoms with Crippen LogP contribution in [-0.4, -0.2) is 50.7 Å². The van der Waals surface area contributed by atoms with E-state index < -0.39 is 0 Å². The van der Waals surface area contributed by atoms with E-state index >= 15 is 0 Å². The van der Waals surface area contributed by atoms with Crippen LogP contribution >= 0.6 is 12.4 Å². The summed E-state index contributed by atoms with van der Waals surface area (Å²) < 4.78 is 5.02. The van der Waals surface area contributed by atoms with Gasteiger partial charge >= 0.3 is 0 Å². The third-order valence-electron chi connectivity index (χ3n) is 2.79. The zero-order valence-electron chi connectivity index (χ0n) is 10.2. The zero-order chi connectivity index (χ0) is 11.1.